The van der Waals surface area contributed by atoms with Crippen LogP contribution in [0.1, 0.15) is 19.3 Å². The monoisotopic (exact) mass is 199 g/mol. The molecule has 1 saturated carbocycles. The van der Waals surface area contributed by atoms with Gasteiger partial charge in [-0.3, -0.25) is 9.59 Å². The van der Waals surface area contributed by atoms with Gasteiger partial charge in [0.05, 0.1) is 6.54 Å². The van der Waals surface area contributed by atoms with Crippen molar-refractivity contribution in [3.8, 4) is 0 Å². The van der Waals surface area contributed by atoms with Gasteiger partial charge in [0.15, 0.2) is 0 Å². The van der Waals surface area contributed by atoms with Crippen molar-refractivity contribution in [2.24, 2.45) is 0 Å². The summed E-state index contributed by atoms with van der Waals surface area (Å²) in [5.74, 6) is -0.254. The number of likely N-dealkylation sites (N-methyl/N-ethyl adjacent to an activating group) is 1. The first-order chi connectivity index (χ1) is 6.72. The molecule has 0 radical (unpaired) electrons. The molecule has 80 valence electrons. The molecule has 0 bridgehead atoms. The molecule has 0 aromatic heterocycles. The Hall–Kier alpha value is -1.10. The predicted octanol–water partition coefficient (Wildman–Crippen LogP) is -1.01. The molecular weight excluding hydrogens is 182 g/mol. The number of amides is 2. The second-order valence-corrected chi connectivity index (χ2v) is 3.43. The minimum Gasteiger partial charge on any atom is -0.358 e. The highest BCUT2D eigenvalue weighted by Crippen LogP contribution is 2.18. The Morgan fingerprint density at radius 3 is 2.57 bits per heavy atom. The summed E-state index contributed by atoms with van der Waals surface area (Å²) < 4.78 is 0. The Morgan fingerprint density at radius 2 is 2.00 bits per heavy atom. The zero-order chi connectivity index (χ0) is 10.4. The second kappa shape index (κ2) is 5.59. The average molecular weight is 199 g/mol. The van der Waals surface area contributed by atoms with Gasteiger partial charge in [0.1, 0.15) is 0 Å². The van der Waals surface area contributed by atoms with Crippen LogP contribution >= 0.6 is 0 Å². The minimum atomic E-state index is -0.173. The maximum absolute atomic E-state index is 11.1. The lowest BCUT2D eigenvalue weighted by molar-refractivity contribution is -0.125. The molecule has 14 heavy (non-hydrogen) atoms. The van der Waals surface area contributed by atoms with Crippen molar-refractivity contribution in [3.05, 3.63) is 0 Å². The van der Waals surface area contributed by atoms with Gasteiger partial charge in [-0.15, -0.1) is 0 Å². The summed E-state index contributed by atoms with van der Waals surface area (Å²) in [7, 11) is 1.54. The molecule has 0 aliphatic heterocycles. The number of carbonyl (C=O) groups is 2. The maximum Gasteiger partial charge on any atom is 0.239 e. The molecule has 0 aromatic carbocycles. The Morgan fingerprint density at radius 1 is 1.29 bits per heavy atom. The third kappa shape index (κ3) is 4.81. The summed E-state index contributed by atoms with van der Waals surface area (Å²) >= 11 is 0. The molecule has 1 aliphatic carbocycles. The molecule has 3 N–H and O–H groups in total. The van der Waals surface area contributed by atoms with E-state index in [4.69, 9.17) is 0 Å². The molecule has 1 fully saturated rings. The topological polar surface area (TPSA) is 70.2 Å². The fraction of sp³-hybridized carbons (Fsp3) is 0.778. The molecule has 0 unspecified atom stereocenters. The largest absolute Gasteiger partial charge is 0.358 e. The maximum atomic E-state index is 11.1. The molecular formula is C9H17N3O2. The van der Waals surface area contributed by atoms with Crippen molar-refractivity contribution in [2.45, 2.75) is 25.3 Å². The van der Waals surface area contributed by atoms with E-state index in [1.807, 2.05) is 0 Å². The zero-order valence-corrected chi connectivity index (χ0v) is 8.43. The average Bonchev–Trinajstić information content (AvgIpc) is 2.98. The standard InChI is InChI=1S/C9H17N3O2/c1-10-9(14)6-12-8(13)4-5-11-7-2-3-7/h7,11H,2-6H2,1H3,(H,10,14)(H,12,13). The van der Waals surface area contributed by atoms with Gasteiger partial charge in [0.2, 0.25) is 11.8 Å². The fourth-order valence-electron chi connectivity index (χ4n) is 1.03. The molecule has 0 heterocycles. The van der Waals surface area contributed by atoms with Gasteiger partial charge in [-0.2, -0.15) is 0 Å². The second-order valence-electron chi connectivity index (χ2n) is 3.43. The highest BCUT2D eigenvalue weighted by Gasteiger charge is 2.19. The highest BCUT2D eigenvalue weighted by atomic mass is 16.2. The van der Waals surface area contributed by atoms with Crippen molar-refractivity contribution in [1.82, 2.24) is 16.0 Å². The van der Waals surface area contributed by atoms with Crippen LogP contribution in [-0.2, 0) is 9.59 Å². The molecule has 0 atom stereocenters. The lowest BCUT2D eigenvalue weighted by Crippen LogP contribution is -2.36. The molecule has 0 spiro atoms. The van der Waals surface area contributed by atoms with Crippen molar-refractivity contribution in [3.63, 3.8) is 0 Å². The molecule has 5 nitrogen and oxygen atoms in total. The Balaban J connectivity index is 1.94. The van der Waals surface area contributed by atoms with Crippen molar-refractivity contribution < 1.29 is 9.59 Å². The highest BCUT2D eigenvalue weighted by molar-refractivity contribution is 5.84. The molecule has 1 aliphatic rings. The van der Waals surface area contributed by atoms with Crippen LogP contribution < -0.4 is 16.0 Å². The van der Waals surface area contributed by atoms with Gasteiger partial charge in [-0.1, -0.05) is 0 Å². The van der Waals surface area contributed by atoms with E-state index in [0.29, 0.717) is 19.0 Å². The minimum absolute atomic E-state index is 0.0682. The van der Waals surface area contributed by atoms with Crippen LogP contribution in [0.15, 0.2) is 0 Å². The molecule has 0 saturated heterocycles. The molecule has 2 amide bonds. The van der Waals surface area contributed by atoms with Crippen molar-refractivity contribution in [2.75, 3.05) is 20.1 Å². The Bertz CT molecular complexity index is 214. The first-order valence-corrected chi connectivity index (χ1v) is 4.93. The number of hydrogen-bond acceptors (Lipinski definition) is 3. The van der Waals surface area contributed by atoms with Crippen LogP contribution in [0.2, 0.25) is 0 Å². The van der Waals surface area contributed by atoms with Gasteiger partial charge >= 0.3 is 0 Å². The van der Waals surface area contributed by atoms with Crippen molar-refractivity contribution >= 4 is 11.8 Å². The summed E-state index contributed by atoms with van der Waals surface area (Å²) in [5.41, 5.74) is 0. The zero-order valence-electron chi connectivity index (χ0n) is 8.43. The van der Waals surface area contributed by atoms with Gasteiger partial charge in [-0.25, -0.2) is 0 Å². The van der Waals surface area contributed by atoms with Crippen LogP contribution in [0.4, 0.5) is 0 Å². The van der Waals surface area contributed by atoms with Crippen LogP contribution in [0, 0.1) is 0 Å². The van der Waals surface area contributed by atoms with E-state index < -0.39 is 0 Å². The summed E-state index contributed by atoms with van der Waals surface area (Å²) in [5, 5.41) is 8.20. The number of hydrogen-bond donors (Lipinski definition) is 3. The summed E-state index contributed by atoms with van der Waals surface area (Å²) in [6.45, 7) is 0.767. The Labute approximate surface area is 83.6 Å². The lowest BCUT2D eigenvalue weighted by Gasteiger charge is -2.04. The van der Waals surface area contributed by atoms with Crippen molar-refractivity contribution in [1.29, 1.82) is 0 Å². The molecule has 0 aromatic rings. The predicted molar refractivity (Wildman–Crippen MR) is 52.7 cm³/mol. The van der Waals surface area contributed by atoms with E-state index in [9.17, 15) is 9.59 Å². The van der Waals surface area contributed by atoms with E-state index in [0.717, 1.165) is 0 Å². The summed E-state index contributed by atoms with van der Waals surface area (Å²) in [6, 6.07) is 0.627. The van der Waals surface area contributed by atoms with E-state index in [2.05, 4.69) is 16.0 Å². The number of rotatable bonds is 6. The fourth-order valence-corrected chi connectivity index (χ4v) is 1.03. The third-order valence-corrected chi connectivity index (χ3v) is 2.09. The first kappa shape index (κ1) is 11.0. The van der Waals surface area contributed by atoms with E-state index in [-0.39, 0.29) is 18.4 Å². The van der Waals surface area contributed by atoms with E-state index >= 15 is 0 Å². The summed E-state index contributed by atoms with van der Waals surface area (Å²) in [6.07, 6.45) is 2.88. The van der Waals surface area contributed by atoms with E-state index in [1.165, 1.54) is 12.8 Å². The van der Waals surface area contributed by atoms with Crippen LogP contribution in [0.3, 0.4) is 0 Å². The van der Waals surface area contributed by atoms with Gasteiger partial charge in [-0.05, 0) is 12.8 Å². The van der Waals surface area contributed by atoms with Crippen LogP contribution in [-0.4, -0.2) is 38.0 Å². The number of nitrogens with one attached hydrogen (secondary N) is 3. The van der Waals surface area contributed by atoms with Gasteiger partial charge < -0.3 is 16.0 Å². The lowest BCUT2D eigenvalue weighted by atomic mass is 10.4. The van der Waals surface area contributed by atoms with Crippen LogP contribution in [0.5, 0.6) is 0 Å². The van der Waals surface area contributed by atoms with E-state index in [1.54, 1.807) is 7.05 Å². The molecule has 5 heteroatoms. The van der Waals surface area contributed by atoms with Gasteiger partial charge in [0, 0.05) is 26.1 Å². The Kier molecular flexibility index (Phi) is 4.39. The SMILES string of the molecule is CNC(=O)CNC(=O)CCNC1CC1. The smallest absolute Gasteiger partial charge is 0.239 e. The third-order valence-electron chi connectivity index (χ3n) is 2.09. The quantitative estimate of drug-likeness (QED) is 0.513. The van der Waals surface area contributed by atoms with Crippen LogP contribution in [0.25, 0.3) is 0 Å². The van der Waals surface area contributed by atoms with Gasteiger partial charge in [0.25, 0.3) is 0 Å². The summed E-state index contributed by atoms with van der Waals surface area (Å²) in [4.78, 5) is 21.9. The normalized spacial score (nSPS) is 14.9. The number of carbonyl (C=O) groups excluding carboxylic acids is 2. The molecule has 1 rings (SSSR count). The first-order valence-electron chi connectivity index (χ1n) is 4.93.